The van der Waals surface area contributed by atoms with E-state index in [1.165, 1.54) is 0 Å². The van der Waals surface area contributed by atoms with Crippen LogP contribution in [0.4, 0.5) is 0 Å². The zero-order valence-electron chi connectivity index (χ0n) is 16.7. The van der Waals surface area contributed by atoms with Crippen molar-refractivity contribution in [3.63, 3.8) is 0 Å². The number of aryl methyl sites for hydroxylation is 2. The summed E-state index contributed by atoms with van der Waals surface area (Å²) in [5.41, 5.74) is 1.84. The van der Waals surface area contributed by atoms with Crippen molar-refractivity contribution in [1.29, 1.82) is 0 Å². The van der Waals surface area contributed by atoms with Crippen molar-refractivity contribution < 1.29 is 23.6 Å². The van der Waals surface area contributed by atoms with E-state index in [4.69, 9.17) is 14.0 Å². The molecule has 2 amide bonds. The van der Waals surface area contributed by atoms with Crippen molar-refractivity contribution in [1.82, 2.24) is 15.0 Å². The predicted octanol–water partition coefficient (Wildman–Crippen LogP) is 1.73. The summed E-state index contributed by atoms with van der Waals surface area (Å²) in [7, 11) is 0. The second-order valence-corrected chi connectivity index (χ2v) is 7.37. The van der Waals surface area contributed by atoms with Crippen molar-refractivity contribution in [3.05, 3.63) is 41.3 Å². The third-order valence-corrected chi connectivity index (χ3v) is 5.50. The van der Waals surface area contributed by atoms with Gasteiger partial charge in [0.2, 0.25) is 12.0 Å². The van der Waals surface area contributed by atoms with Crippen LogP contribution in [-0.2, 0) is 16.0 Å². The fourth-order valence-electron chi connectivity index (χ4n) is 3.77. The van der Waals surface area contributed by atoms with Crippen LogP contribution >= 0.6 is 0 Å². The van der Waals surface area contributed by atoms with Gasteiger partial charge in [0.05, 0.1) is 5.69 Å². The van der Waals surface area contributed by atoms with Gasteiger partial charge in [-0.3, -0.25) is 9.59 Å². The molecule has 0 aliphatic carbocycles. The van der Waals surface area contributed by atoms with E-state index in [9.17, 15) is 9.59 Å². The van der Waals surface area contributed by atoms with Gasteiger partial charge in [-0.25, -0.2) is 0 Å². The number of hydrogen-bond donors (Lipinski definition) is 0. The third-order valence-electron chi connectivity index (χ3n) is 5.50. The van der Waals surface area contributed by atoms with Gasteiger partial charge >= 0.3 is 0 Å². The highest BCUT2D eigenvalue weighted by molar-refractivity contribution is 5.82. The number of rotatable bonds is 4. The van der Waals surface area contributed by atoms with E-state index >= 15 is 0 Å². The Bertz CT molecular complexity index is 882. The SMILES string of the molecule is Cc1noc(C)c1CCC(=O)N1CCN(C(=O)C2COc3ccccc3O2)CC1. The lowest BCUT2D eigenvalue weighted by Gasteiger charge is -2.37. The Hall–Kier alpha value is -3.03. The number of fused-ring (bicyclic) bond motifs is 1. The molecule has 1 aromatic carbocycles. The molecule has 0 saturated carbocycles. The maximum Gasteiger partial charge on any atom is 0.267 e. The Kier molecular flexibility index (Phi) is 5.42. The lowest BCUT2D eigenvalue weighted by Crippen LogP contribution is -2.55. The maximum absolute atomic E-state index is 12.8. The lowest BCUT2D eigenvalue weighted by molar-refractivity contribution is -0.146. The van der Waals surface area contributed by atoms with Crippen molar-refractivity contribution in [2.24, 2.45) is 0 Å². The van der Waals surface area contributed by atoms with E-state index in [0.29, 0.717) is 50.5 Å². The van der Waals surface area contributed by atoms with Crippen LogP contribution in [0.1, 0.15) is 23.4 Å². The predicted molar refractivity (Wildman–Crippen MR) is 104 cm³/mol. The third kappa shape index (κ3) is 4.06. The molecule has 2 aromatic rings. The molecule has 154 valence electrons. The molecule has 0 spiro atoms. The Labute approximate surface area is 169 Å². The average molecular weight is 399 g/mol. The molecule has 0 radical (unpaired) electrons. The number of aromatic nitrogens is 1. The summed E-state index contributed by atoms with van der Waals surface area (Å²) in [6.07, 6.45) is 0.380. The summed E-state index contributed by atoms with van der Waals surface area (Å²) in [5.74, 6) is 2.00. The molecule has 1 unspecified atom stereocenters. The topological polar surface area (TPSA) is 85.1 Å². The number of amides is 2. The Balaban J connectivity index is 1.27. The average Bonchev–Trinajstić information content (AvgIpc) is 3.08. The molecule has 8 heteroatoms. The van der Waals surface area contributed by atoms with Crippen molar-refractivity contribution in [3.8, 4) is 11.5 Å². The van der Waals surface area contributed by atoms with Gasteiger partial charge in [0.25, 0.3) is 5.91 Å². The first kappa shape index (κ1) is 19.3. The quantitative estimate of drug-likeness (QED) is 0.779. The standard InChI is InChI=1S/C21H25N3O5/c1-14-16(15(2)29-22-14)7-8-20(25)23-9-11-24(12-10-23)21(26)19-13-27-17-5-3-4-6-18(17)28-19/h3-6,19H,7-13H2,1-2H3. The van der Waals surface area contributed by atoms with Gasteiger partial charge in [0.1, 0.15) is 12.4 Å². The number of carbonyl (C=O) groups excluding carboxylic acids is 2. The molecular formula is C21H25N3O5. The Morgan fingerprint density at radius 1 is 1.07 bits per heavy atom. The van der Waals surface area contributed by atoms with Crippen LogP contribution in [0, 0.1) is 13.8 Å². The van der Waals surface area contributed by atoms with Crippen molar-refractivity contribution in [2.75, 3.05) is 32.8 Å². The van der Waals surface area contributed by atoms with Gasteiger partial charge in [-0.1, -0.05) is 17.3 Å². The smallest absolute Gasteiger partial charge is 0.267 e. The van der Waals surface area contributed by atoms with Crippen molar-refractivity contribution >= 4 is 11.8 Å². The Morgan fingerprint density at radius 3 is 2.45 bits per heavy atom. The summed E-state index contributed by atoms with van der Waals surface area (Å²) >= 11 is 0. The number of hydrogen-bond acceptors (Lipinski definition) is 6. The summed E-state index contributed by atoms with van der Waals surface area (Å²) in [5, 5.41) is 3.93. The first-order chi connectivity index (χ1) is 14.0. The number of para-hydroxylation sites is 2. The van der Waals surface area contributed by atoms with Gasteiger partial charge in [0, 0.05) is 38.2 Å². The molecule has 3 heterocycles. The van der Waals surface area contributed by atoms with E-state index in [1.807, 2.05) is 36.9 Å². The summed E-state index contributed by atoms with van der Waals surface area (Å²) in [6, 6.07) is 7.33. The highest BCUT2D eigenvalue weighted by atomic mass is 16.6. The molecule has 2 aliphatic rings. The van der Waals surface area contributed by atoms with Crippen LogP contribution in [0.2, 0.25) is 0 Å². The molecule has 1 aromatic heterocycles. The molecule has 29 heavy (non-hydrogen) atoms. The second kappa shape index (κ2) is 8.14. The van der Waals surface area contributed by atoms with E-state index in [1.54, 1.807) is 11.0 Å². The van der Waals surface area contributed by atoms with Gasteiger partial charge in [-0.2, -0.15) is 0 Å². The fraction of sp³-hybridized carbons (Fsp3) is 0.476. The van der Waals surface area contributed by atoms with Crippen LogP contribution in [0.5, 0.6) is 11.5 Å². The minimum Gasteiger partial charge on any atom is -0.485 e. The van der Waals surface area contributed by atoms with Gasteiger partial charge in [0.15, 0.2) is 11.5 Å². The molecule has 0 N–H and O–H groups in total. The van der Waals surface area contributed by atoms with Gasteiger partial charge in [-0.05, 0) is 32.4 Å². The number of piperazine rings is 1. The zero-order valence-corrected chi connectivity index (χ0v) is 16.7. The molecule has 1 saturated heterocycles. The number of ether oxygens (including phenoxy) is 2. The van der Waals surface area contributed by atoms with E-state index in [-0.39, 0.29) is 18.4 Å². The summed E-state index contributed by atoms with van der Waals surface area (Å²) < 4.78 is 16.6. The van der Waals surface area contributed by atoms with Crippen LogP contribution in [0.15, 0.2) is 28.8 Å². The van der Waals surface area contributed by atoms with Crippen LogP contribution in [0.3, 0.4) is 0 Å². The highest BCUT2D eigenvalue weighted by Gasteiger charge is 2.33. The minimum absolute atomic E-state index is 0.0864. The molecule has 8 nitrogen and oxygen atoms in total. The maximum atomic E-state index is 12.8. The van der Waals surface area contributed by atoms with E-state index in [2.05, 4.69) is 5.16 Å². The monoisotopic (exact) mass is 399 g/mol. The molecule has 4 rings (SSSR count). The van der Waals surface area contributed by atoms with E-state index in [0.717, 1.165) is 17.0 Å². The number of carbonyl (C=O) groups is 2. The summed E-state index contributed by atoms with van der Waals surface area (Å²) in [4.78, 5) is 28.9. The van der Waals surface area contributed by atoms with Gasteiger partial charge < -0.3 is 23.8 Å². The van der Waals surface area contributed by atoms with Crippen LogP contribution in [0.25, 0.3) is 0 Å². The minimum atomic E-state index is -0.647. The molecule has 1 fully saturated rings. The molecule has 1 atom stereocenters. The highest BCUT2D eigenvalue weighted by Crippen LogP contribution is 2.31. The molecular weight excluding hydrogens is 374 g/mol. The molecule has 0 bridgehead atoms. The van der Waals surface area contributed by atoms with Crippen LogP contribution in [-0.4, -0.2) is 65.7 Å². The number of benzene rings is 1. The number of nitrogens with zero attached hydrogens (tertiary/aromatic N) is 3. The van der Waals surface area contributed by atoms with E-state index < -0.39 is 6.10 Å². The van der Waals surface area contributed by atoms with Crippen LogP contribution < -0.4 is 9.47 Å². The Morgan fingerprint density at radius 2 is 1.76 bits per heavy atom. The molecule has 2 aliphatic heterocycles. The lowest BCUT2D eigenvalue weighted by atomic mass is 10.1. The normalized spacial score (nSPS) is 18.6. The zero-order chi connectivity index (χ0) is 20.4. The first-order valence-electron chi connectivity index (χ1n) is 9.89. The largest absolute Gasteiger partial charge is 0.485 e. The second-order valence-electron chi connectivity index (χ2n) is 7.37. The first-order valence-corrected chi connectivity index (χ1v) is 9.89. The fourth-order valence-corrected chi connectivity index (χ4v) is 3.77. The van der Waals surface area contributed by atoms with Gasteiger partial charge in [-0.15, -0.1) is 0 Å². The van der Waals surface area contributed by atoms with Crippen molar-refractivity contribution in [2.45, 2.75) is 32.8 Å². The summed E-state index contributed by atoms with van der Waals surface area (Å²) in [6.45, 7) is 5.99.